The minimum Gasteiger partial charge on any atom is -0.403 e. The molecule has 5 aromatic rings. The van der Waals surface area contributed by atoms with Crippen molar-refractivity contribution in [3.63, 3.8) is 0 Å². The molecule has 0 saturated heterocycles. The molecule has 0 aliphatic rings. The molecule has 5 heterocycles. The molecule has 0 aliphatic carbocycles. The first-order valence-electron chi connectivity index (χ1n) is 36.2. The molecule has 5 aromatic heterocycles. The van der Waals surface area contributed by atoms with Crippen LogP contribution < -0.4 is 11.0 Å². The van der Waals surface area contributed by atoms with E-state index in [9.17, 15) is 73.4 Å². The minimum absolute atomic E-state index is 0.000639. The summed E-state index contributed by atoms with van der Waals surface area (Å²) in [6.45, 7) is 17.2. The third-order valence-electron chi connectivity index (χ3n) is 15.2. The highest BCUT2D eigenvalue weighted by Crippen LogP contribution is 2.58. The fourth-order valence-corrected chi connectivity index (χ4v) is 28.5. The predicted molar refractivity (Wildman–Crippen MR) is 494 cm³/mol. The molecular formula is C62H103Br4Cl7N15O21P5S4. The highest BCUT2D eigenvalue weighted by molar-refractivity contribution is 9.09. The second-order valence-electron chi connectivity index (χ2n) is 23.7. The van der Waals surface area contributed by atoms with Gasteiger partial charge in [-0.15, -0.1) is 81.2 Å². The summed E-state index contributed by atoms with van der Waals surface area (Å²) in [5, 5.41) is 56.4. The van der Waals surface area contributed by atoms with Crippen molar-refractivity contribution >= 4 is 255 Å². The van der Waals surface area contributed by atoms with E-state index in [0.29, 0.717) is 157 Å². The average Bonchev–Trinajstić information content (AvgIpc) is 1.02. The Hall–Kier alpha value is -0.420. The lowest BCUT2D eigenvalue weighted by atomic mass is 10.5. The molecule has 36 nitrogen and oxygen atoms in total. The van der Waals surface area contributed by atoms with Gasteiger partial charge in [-0.2, -0.15) is 0 Å². The first kappa shape index (κ1) is 116. The van der Waals surface area contributed by atoms with Crippen LogP contribution in [-0.2, 0) is 78.5 Å². The van der Waals surface area contributed by atoms with Gasteiger partial charge in [0.1, 0.15) is 17.3 Å². The zero-order valence-electron chi connectivity index (χ0n) is 65.5. The van der Waals surface area contributed by atoms with Gasteiger partial charge in [-0.1, -0.05) is 144 Å². The maximum absolute atomic E-state index is 13.9. The van der Waals surface area contributed by atoms with Crippen LogP contribution in [0.5, 0.6) is 0 Å². The van der Waals surface area contributed by atoms with Crippen molar-refractivity contribution in [3.8, 4) is 0 Å². The first-order valence-corrected chi connectivity index (χ1v) is 55.6. The summed E-state index contributed by atoms with van der Waals surface area (Å²) in [5.74, 6) is 1.72. The maximum Gasteiger partial charge on any atom is 0.433 e. The van der Waals surface area contributed by atoms with Crippen LogP contribution in [-0.4, -0.2) is 229 Å². The molecule has 0 spiro atoms. The van der Waals surface area contributed by atoms with Gasteiger partial charge >= 0.3 is 64.2 Å². The summed E-state index contributed by atoms with van der Waals surface area (Å²) < 4.78 is 113. The lowest BCUT2D eigenvalue weighted by Gasteiger charge is -2.37. The summed E-state index contributed by atoms with van der Waals surface area (Å²) in [7, 11) is -17.0. The lowest BCUT2D eigenvalue weighted by Crippen LogP contribution is -2.36. The Morgan fingerprint density at radius 2 is 0.551 bits per heavy atom. The van der Waals surface area contributed by atoms with Gasteiger partial charge < -0.3 is 22.5 Å². The molecule has 5 rings (SSSR count). The van der Waals surface area contributed by atoms with E-state index in [1.165, 1.54) is 41.1 Å². The Kier molecular flexibility index (Phi) is 63.0. The van der Waals surface area contributed by atoms with Crippen LogP contribution in [0.3, 0.4) is 0 Å². The minimum atomic E-state index is -3.50. The monoisotopic (exact) mass is 2240 g/mol. The molecular weight excluding hydrogens is 2140 g/mol. The van der Waals surface area contributed by atoms with Gasteiger partial charge in [-0.25, -0.2) is 48.4 Å². The molecule has 678 valence electrons. The van der Waals surface area contributed by atoms with Gasteiger partial charge in [-0.3, -0.25) is 77.9 Å². The van der Waals surface area contributed by atoms with E-state index in [4.69, 9.17) is 119 Å². The van der Waals surface area contributed by atoms with Crippen LogP contribution in [0.25, 0.3) is 0 Å². The Balaban J connectivity index is 0.000000741. The molecule has 5 atom stereocenters. The average molecular weight is 2250 g/mol. The second-order valence-corrected chi connectivity index (χ2v) is 45.1. The van der Waals surface area contributed by atoms with E-state index < -0.39 is 68.9 Å². The summed E-state index contributed by atoms with van der Waals surface area (Å²) in [6, 6.07) is 14.7. The zero-order valence-corrected chi connectivity index (χ0v) is 84.9. The van der Waals surface area contributed by atoms with Crippen molar-refractivity contribution in [2.24, 2.45) is 11.0 Å². The molecule has 0 aliphatic heterocycles. The predicted octanol–water partition coefficient (Wildman–Crippen LogP) is 21.6. The molecule has 56 heteroatoms. The van der Waals surface area contributed by atoms with E-state index in [0.717, 1.165) is 77.5 Å². The lowest BCUT2D eigenvalue weighted by molar-refractivity contribution is -0.402. The van der Waals surface area contributed by atoms with E-state index in [2.05, 4.69) is 63.7 Å². The molecule has 118 heavy (non-hydrogen) atoms. The number of alkyl halides is 11. The topological polar surface area (TPSA) is 438 Å². The second kappa shape index (κ2) is 64.3. The van der Waals surface area contributed by atoms with Crippen molar-refractivity contribution < 1.29 is 74.5 Å². The summed E-state index contributed by atoms with van der Waals surface area (Å²) in [5.41, 5.74) is 11.5. The zero-order chi connectivity index (χ0) is 89.1. The van der Waals surface area contributed by atoms with Crippen LogP contribution >= 0.6 is 229 Å². The van der Waals surface area contributed by atoms with E-state index in [1.54, 1.807) is 47.6 Å². The van der Waals surface area contributed by atoms with E-state index in [-0.39, 0.29) is 88.2 Å². The molecule has 0 bridgehead atoms. The molecule has 0 amide bonds. The van der Waals surface area contributed by atoms with Crippen molar-refractivity contribution in [1.82, 2.24) is 37.4 Å². The van der Waals surface area contributed by atoms with Crippen LogP contribution in [0.4, 0.5) is 25.9 Å². The first-order chi connectivity index (χ1) is 56.1. The summed E-state index contributed by atoms with van der Waals surface area (Å²) >= 11 is 58.4. The summed E-state index contributed by atoms with van der Waals surface area (Å²) in [6.07, 6.45) is 3.94. The largest absolute Gasteiger partial charge is 0.433 e. The number of nitrogens with two attached hydrogens (primary N) is 2. The van der Waals surface area contributed by atoms with Crippen molar-refractivity contribution in [2.75, 3.05) is 167 Å². The third-order valence-corrected chi connectivity index (χ3v) is 33.3. The maximum atomic E-state index is 13.9. The van der Waals surface area contributed by atoms with Crippen LogP contribution in [0, 0.1) is 50.6 Å². The SMILES string of the molecule is CCCN(CCBr)P(=O)(OCc1ccc([N+](=O)[O-])s1)N(CCBr)CCBr.CCCN(CCBr)P(N)(=O)OCc1ccc([N+](=O)[O-])s1.CCCN(CCCl)P(=O)(OCc1ccc([N+](=O)[O-])o1)N(CCCl)CCCl.CCCN(CCCl)P(=O)(OCc1ccc([N+](=O)[O-])s1)N(CCCl)CCCl.CCCN(CCCl)P(N)(=O)OCc1ccc([N+](=O)[O-])s1. The van der Waals surface area contributed by atoms with Crippen molar-refractivity contribution in [2.45, 2.75) is 99.8 Å². The molecule has 0 fully saturated rings. The quantitative estimate of drug-likeness (QED) is 0.0158. The molecule has 0 aromatic carbocycles. The van der Waals surface area contributed by atoms with Gasteiger partial charge in [0.2, 0.25) is 0 Å². The Morgan fingerprint density at radius 1 is 0.331 bits per heavy atom. The Labute approximate surface area is 773 Å². The van der Waals surface area contributed by atoms with Crippen LogP contribution in [0.2, 0.25) is 0 Å². The highest BCUT2D eigenvalue weighted by atomic mass is 79.9. The van der Waals surface area contributed by atoms with Crippen molar-refractivity contribution in [3.05, 3.63) is 137 Å². The fraction of sp³-hybridized carbons (Fsp3) is 0.677. The molecule has 0 radical (unpaired) electrons. The Bertz CT molecular complexity index is 3510. The highest BCUT2D eigenvalue weighted by Gasteiger charge is 2.42. The van der Waals surface area contributed by atoms with Gasteiger partial charge in [-0.05, 0) is 62.4 Å². The number of thiophene rings is 4. The standard InChI is InChI=1S/C14H23Br3N3O4PS.C14H23Cl3N3O5P.C14H23Cl3N3O4PS.C10H17BrN3O4PS.C10H17ClN3O4PS/c1-2-8-18(9-5-15)25(23,19(10-6-16)11-7-17)24-12-13-3-4-14(26-13)20(21)22;1-2-8-18(9-5-15)26(23,19(10-6-16)11-7-17)24-12-13-3-4-14(25-13)20(21)22;1-2-8-18(9-5-15)25(23,19(10-6-16)11-7-17)24-12-13-3-4-14(26-13)20(21)22;2*1-2-6-13(7-5-11)19(12,17)18-8-9-3-4-10(20-9)14(15)16/h3*3-4H,2,5-12H2,1H3;2*3-4H,2,5-8H2,1H3,(H2,12,17). The van der Waals surface area contributed by atoms with Crippen LogP contribution in [0.1, 0.15) is 92.0 Å². The number of rotatable bonds is 60. The van der Waals surface area contributed by atoms with Gasteiger partial charge in [0.25, 0.3) is 0 Å². The van der Waals surface area contributed by atoms with Gasteiger partial charge in [0.15, 0.2) is 0 Å². The number of furan rings is 1. The van der Waals surface area contributed by atoms with Crippen LogP contribution in [0.15, 0.2) is 65.1 Å². The number of nitrogens with zero attached hydrogens (tertiary/aromatic N) is 13. The van der Waals surface area contributed by atoms with Gasteiger partial charge in [0.05, 0.1) is 52.2 Å². The smallest absolute Gasteiger partial charge is 0.403 e. The normalized spacial score (nSPS) is 14.2. The number of halogens is 11. The van der Waals surface area contributed by atoms with E-state index in [1.807, 2.05) is 44.0 Å². The fourth-order valence-electron chi connectivity index (χ4n) is 9.99. The summed E-state index contributed by atoms with van der Waals surface area (Å²) in [4.78, 5) is 53.6. The number of hydrogen-bond donors (Lipinski definition) is 2. The molecule has 4 N–H and O–H groups in total. The molecule has 5 unspecified atom stereocenters. The van der Waals surface area contributed by atoms with E-state index >= 15 is 0 Å². The van der Waals surface area contributed by atoms with Gasteiger partial charge in [0, 0.05) is 211 Å². The third kappa shape index (κ3) is 41.8. The number of nitro groups is 5. The molecule has 0 saturated carbocycles. The van der Waals surface area contributed by atoms with Crippen molar-refractivity contribution in [1.29, 1.82) is 0 Å². The Morgan fingerprint density at radius 3 is 0.788 bits per heavy atom. The number of hydrogen-bond acceptors (Lipinski definition) is 25.